The molecule has 0 aliphatic rings. The highest BCUT2D eigenvalue weighted by molar-refractivity contribution is 7.98. The number of nitrogens with two attached hydrogens (primary N) is 1. The molecule has 0 aromatic heterocycles. The topological polar surface area (TPSA) is 93.4 Å². The molecular formula is C13H19N3O3S. The standard InChI is InChI=1S/C13H19N3O3S/c1-19-10-5-3-4-9(8-10)15-12(17)11(6-7-20-2)16-13(14)18/h3-5,8,11H,6-7H2,1-2H3,(H,15,17)(H3,14,16,18). The predicted molar refractivity (Wildman–Crippen MR) is 81.1 cm³/mol. The number of hydrogen-bond donors (Lipinski definition) is 3. The zero-order valence-corrected chi connectivity index (χ0v) is 12.3. The van der Waals surface area contributed by atoms with E-state index in [1.165, 1.54) is 0 Å². The Morgan fingerprint density at radius 2 is 2.20 bits per heavy atom. The number of rotatable bonds is 7. The van der Waals surface area contributed by atoms with Crippen LogP contribution in [0.4, 0.5) is 10.5 Å². The van der Waals surface area contributed by atoms with Crippen molar-refractivity contribution < 1.29 is 14.3 Å². The number of nitrogens with one attached hydrogen (secondary N) is 2. The molecule has 0 heterocycles. The molecule has 3 amide bonds. The molecule has 0 aliphatic carbocycles. The third-order valence-electron chi connectivity index (χ3n) is 2.58. The molecule has 110 valence electrons. The normalized spacial score (nSPS) is 11.5. The molecule has 0 aliphatic heterocycles. The van der Waals surface area contributed by atoms with Gasteiger partial charge in [0.2, 0.25) is 5.91 Å². The van der Waals surface area contributed by atoms with E-state index in [9.17, 15) is 9.59 Å². The van der Waals surface area contributed by atoms with E-state index in [0.717, 1.165) is 5.75 Å². The van der Waals surface area contributed by atoms with Crippen LogP contribution < -0.4 is 21.1 Å². The first-order valence-corrected chi connectivity index (χ1v) is 7.46. The van der Waals surface area contributed by atoms with E-state index in [4.69, 9.17) is 10.5 Å². The lowest BCUT2D eigenvalue weighted by Gasteiger charge is -2.17. The minimum Gasteiger partial charge on any atom is -0.497 e. The number of hydrogen-bond acceptors (Lipinski definition) is 4. The molecular weight excluding hydrogens is 278 g/mol. The highest BCUT2D eigenvalue weighted by atomic mass is 32.2. The molecule has 0 saturated carbocycles. The van der Waals surface area contributed by atoms with E-state index >= 15 is 0 Å². The van der Waals surface area contributed by atoms with Gasteiger partial charge in [-0.15, -0.1) is 0 Å². The Bertz CT molecular complexity index is 468. The quantitative estimate of drug-likeness (QED) is 0.709. The van der Waals surface area contributed by atoms with Crippen LogP contribution in [0.25, 0.3) is 0 Å². The van der Waals surface area contributed by atoms with Gasteiger partial charge in [0.15, 0.2) is 0 Å². The summed E-state index contributed by atoms with van der Waals surface area (Å²) >= 11 is 1.59. The number of amides is 3. The van der Waals surface area contributed by atoms with Gasteiger partial charge in [-0.25, -0.2) is 4.79 Å². The van der Waals surface area contributed by atoms with Crippen LogP contribution in [0.1, 0.15) is 6.42 Å². The number of carbonyl (C=O) groups excluding carboxylic acids is 2. The monoisotopic (exact) mass is 297 g/mol. The van der Waals surface area contributed by atoms with E-state index < -0.39 is 12.1 Å². The molecule has 7 heteroatoms. The van der Waals surface area contributed by atoms with Crippen molar-refractivity contribution in [3.63, 3.8) is 0 Å². The Hall–Kier alpha value is -1.89. The first kappa shape index (κ1) is 16.2. The van der Waals surface area contributed by atoms with Crippen molar-refractivity contribution in [3.8, 4) is 5.75 Å². The van der Waals surface area contributed by atoms with Gasteiger partial charge < -0.3 is 21.1 Å². The number of methoxy groups -OCH3 is 1. The van der Waals surface area contributed by atoms with Crippen molar-refractivity contribution >= 4 is 29.4 Å². The summed E-state index contributed by atoms with van der Waals surface area (Å²) in [5.74, 6) is 1.09. The fourth-order valence-electron chi connectivity index (χ4n) is 1.61. The van der Waals surface area contributed by atoms with Gasteiger partial charge in [-0.2, -0.15) is 11.8 Å². The summed E-state index contributed by atoms with van der Waals surface area (Å²) in [5.41, 5.74) is 5.69. The van der Waals surface area contributed by atoms with Crippen LogP contribution in [0, 0.1) is 0 Å². The van der Waals surface area contributed by atoms with Crippen LogP contribution >= 0.6 is 11.8 Å². The average molecular weight is 297 g/mol. The number of carbonyl (C=O) groups is 2. The molecule has 0 bridgehead atoms. The fraction of sp³-hybridized carbons (Fsp3) is 0.385. The number of primary amides is 1. The van der Waals surface area contributed by atoms with E-state index in [1.807, 2.05) is 6.26 Å². The molecule has 1 rings (SSSR count). The van der Waals surface area contributed by atoms with Crippen LogP contribution in [0.5, 0.6) is 5.75 Å². The predicted octanol–water partition coefficient (Wildman–Crippen LogP) is 1.42. The van der Waals surface area contributed by atoms with Crippen molar-refractivity contribution in [2.45, 2.75) is 12.5 Å². The zero-order valence-electron chi connectivity index (χ0n) is 11.5. The number of ether oxygens (including phenoxy) is 1. The Morgan fingerprint density at radius 3 is 2.80 bits per heavy atom. The Labute approximate surface area is 122 Å². The molecule has 0 radical (unpaired) electrons. The summed E-state index contributed by atoms with van der Waals surface area (Å²) in [5, 5.41) is 5.18. The summed E-state index contributed by atoms with van der Waals surface area (Å²) in [6.07, 6.45) is 2.45. The van der Waals surface area contributed by atoms with Crippen molar-refractivity contribution in [2.24, 2.45) is 5.73 Å². The molecule has 6 nitrogen and oxygen atoms in total. The second-order valence-corrected chi connectivity index (χ2v) is 5.05. The van der Waals surface area contributed by atoms with Crippen LogP contribution in [0.2, 0.25) is 0 Å². The molecule has 0 saturated heterocycles. The van der Waals surface area contributed by atoms with Crippen LogP contribution in [-0.4, -0.2) is 37.1 Å². The molecule has 1 atom stereocenters. The van der Waals surface area contributed by atoms with E-state index in [-0.39, 0.29) is 5.91 Å². The van der Waals surface area contributed by atoms with Crippen molar-refractivity contribution in [3.05, 3.63) is 24.3 Å². The molecule has 0 spiro atoms. The maximum absolute atomic E-state index is 12.1. The number of thioether (sulfide) groups is 1. The smallest absolute Gasteiger partial charge is 0.312 e. The second kappa shape index (κ2) is 8.31. The van der Waals surface area contributed by atoms with Gasteiger partial charge in [-0.05, 0) is 30.6 Å². The Balaban J connectivity index is 2.70. The Morgan fingerprint density at radius 1 is 1.45 bits per heavy atom. The minimum absolute atomic E-state index is 0.300. The SMILES string of the molecule is COc1cccc(NC(=O)C(CCSC)NC(N)=O)c1. The lowest BCUT2D eigenvalue weighted by molar-refractivity contribution is -0.117. The van der Waals surface area contributed by atoms with E-state index in [0.29, 0.717) is 17.9 Å². The van der Waals surface area contributed by atoms with Crippen LogP contribution in [-0.2, 0) is 4.79 Å². The highest BCUT2D eigenvalue weighted by Crippen LogP contribution is 2.17. The third kappa shape index (κ3) is 5.40. The maximum atomic E-state index is 12.1. The molecule has 1 unspecified atom stereocenters. The summed E-state index contributed by atoms with van der Waals surface area (Å²) in [6, 6.07) is 5.64. The van der Waals surface area contributed by atoms with Gasteiger partial charge in [0.25, 0.3) is 0 Å². The number of benzene rings is 1. The Kier molecular flexibility index (Phi) is 6.72. The third-order valence-corrected chi connectivity index (χ3v) is 3.22. The fourth-order valence-corrected chi connectivity index (χ4v) is 2.08. The van der Waals surface area contributed by atoms with Gasteiger partial charge in [0, 0.05) is 11.8 Å². The van der Waals surface area contributed by atoms with E-state index in [1.54, 1.807) is 43.1 Å². The van der Waals surface area contributed by atoms with Gasteiger partial charge in [-0.1, -0.05) is 6.07 Å². The summed E-state index contributed by atoms with van der Waals surface area (Å²) < 4.78 is 5.08. The van der Waals surface area contributed by atoms with Crippen molar-refractivity contribution in [1.82, 2.24) is 5.32 Å². The number of anilines is 1. The summed E-state index contributed by atoms with van der Waals surface area (Å²) in [7, 11) is 1.55. The zero-order chi connectivity index (χ0) is 15.0. The molecule has 1 aromatic rings. The van der Waals surface area contributed by atoms with Gasteiger partial charge in [0.05, 0.1) is 7.11 Å². The highest BCUT2D eigenvalue weighted by Gasteiger charge is 2.19. The molecule has 0 fully saturated rings. The first-order chi connectivity index (χ1) is 9.56. The van der Waals surface area contributed by atoms with Crippen molar-refractivity contribution in [2.75, 3.05) is 24.4 Å². The molecule has 1 aromatic carbocycles. The van der Waals surface area contributed by atoms with Crippen LogP contribution in [0.3, 0.4) is 0 Å². The van der Waals surface area contributed by atoms with Crippen LogP contribution in [0.15, 0.2) is 24.3 Å². The maximum Gasteiger partial charge on any atom is 0.312 e. The average Bonchev–Trinajstić information content (AvgIpc) is 2.43. The lowest BCUT2D eigenvalue weighted by Crippen LogP contribution is -2.46. The first-order valence-electron chi connectivity index (χ1n) is 6.06. The summed E-state index contributed by atoms with van der Waals surface area (Å²) in [6.45, 7) is 0. The minimum atomic E-state index is -0.711. The number of urea groups is 1. The van der Waals surface area contributed by atoms with E-state index in [2.05, 4.69) is 10.6 Å². The summed E-state index contributed by atoms with van der Waals surface area (Å²) in [4.78, 5) is 23.1. The molecule has 4 N–H and O–H groups in total. The van der Waals surface area contributed by atoms with Gasteiger partial charge in [0.1, 0.15) is 11.8 Å². The van der Waals surface area contributed by atoms with Gasteiger partial charge >= 0.3 is 6.03 Å². The second-order valence-electron chi connectivity index (χ2n) is 4.06. The van der Waals surface area contributed by atoms with Crippen molar-refractivity contribution in [1.29, 1.82) is 0 Å². The van der Waals surface area contributed by atoms with Gasteiger partial charge in [-0.3, -0.25) is 4.79 Å². The largest absolute Gasteiger partial charge is 0.497 e. The molecule has 20 heavy (non-hydrogen) atoms. The lowest BCUT2D eigenvalue weighted by atomic mass is 10.2.